The van der Waals surface area contributed by atoms with Crippen molar-refractivity contribution in [1.29, 1.82) is 0 Å². The molecule has 3 rings (SSSR count). The maximum atomic E-state index is 11.7. The van der Waals surface area contributed by atoms with E-state index in [-0.39, 0.29) is 12.0 Å². The molecule has 26 heavy (non-hydrogen) atoms. The van der Waals surface area contributed by atoms with E-state index < -0.39 is 0 Å². The quantitative estimate of drug-likeness (QED) is 0.809. The van der Waals surface area contributed by atoms with Crippen LogP contribution in [0.1, 0.15) is 25.5 Å². The minimum Gasteiger partial charge on any atom is -0.465 e. The van der Waals surface area contributed by atoms with Crippen molar-refractivity contribution in [2.24, 2.45) is 5.73 Å². The van der Waals surface area contributed by atoms with Gasteiger partial charge in [-0.15, -0.1) is 0 Å². The number of para-hydroxylation sites is 1. The molecule has 1 atom stereocenters. The first-order chi connectivity index (χ1) is 12.5. The molecule has 1 saturated heterocycles. The second-order valence-corrected chi connectivity index (χ2v) is 6.98. The molecule has 0 radical (unpaired) electrons. The zero-order valence-corrected chi connectivity index (χ0v) is 16.0. The summed E-state index contributed by atoms with van der Waals surface area (Å²) >= 11 is 6.34. The SMILES string of the molecule is CCOC(=O)CN1CCN(c2nc3c(Cl)cccc3cc2C(C)N)CC1. The van der Waals surface area contributed by atoms with E-state index in [4.69, 9.17) is 27.1 Å². The van der Waals surface area contributed by atoms with Crippen LogP contribution < -0.4 is 10.6 Å². The van der Waals surface area contributed by atoms with Crippen LogP contribution in [0.4, 0.5) is 5.82 Å². The van der Waals surface area contributed by atoms with Crippen LogP contribution in [0.15, 0.2) is 24.3 Å². The van der Waals surface area contributed by atoms with Gasteiger partial charge in [0.1, 0.15) is 5.82 Å². The number of nitrogens with zero attached hydrogens (tertiary/aromatic N) is 3. The van der Waals surface area contributed by atoms with Crippen molar-refractivity contribution in [1.82, 2.24) is 9.88 Å². The lowest BCUT2D eigenvalue weighted by Gasteiger charge is -2.36. The van der Waals surface area contributed by atoms with Crippen LogP contribution in [0, 0.1) is 0 Å². The summed E-state index contributed by atoms with van der Waals surface area (Å²) in [7, 11) is 0. The zero-order valence-electron chi connectivity index (χ0n) is 15.2. The number of rotatable bonds is 5. The lowest BCUT2D eigenvalue weighted by Crippen LogP contribution is -2.48. The largest absolute Gasteiger partial charge is 0.465 e. The molecule has 1 aliphatic rings. The molecule has 2 heterocycles. The molecule has 1 aromatic heterocycles. The standard InChI is InChI=1S/C19H25ClN4O2/c1-3-26-17(25)12-23-7-9-24(10-8-23)19-15(13(2)21)11-14-5-4-6-16(20)18(14)22-19/h4-6,11,13H,3,7-10,12,21H2,1-2H3. The van der Waals surface area contributed by atoms with Gasteiger partial charge in [0.25, 0.3) is 0 Å². The third-order valence-electron chi connectivity index (χ3n) is 4.63. The van der Waals surface area contributed by atoms with E-state index in [1.54, 1.807) is 0 Å². The van der Waals surface area contributed by atoms with Crippen LogP contribution in [0.25, 0.3) is 10.9 Å². The number of hydrogen-bond donors (Lipinski definition) is 1. The highest BCUT2D eigenvalue weighted by Gasteiger charge is 2.23. The van der Waals surface area contributed by atoms with E-state index in [0.29, 0.717) is 18.2 Å². The molecule has 140 valence electrons. The number of pyridine rings is 1. The molecular formula is C19H25ClN4O2. The summed E-state index contributed by atoms with van der Waals surface area (Å²) in [5.74, 6) is 0.712. The number of aromatic nitrogens is 1. The maximum absolute atomic E-state index is 11.7. The number of benzene rings is 1. The Labute approximate surface area is 158 Å². The smallest absolute Gasteiger partial charge is 0.320 e. The predicted octanol–water partition coefficient (Wildman–Crippen LogP) is 2.59. The van der Waals surface area contributed by atoms with E-state index in [1.807, 2.05) is 32.0 Å². The van der Waals surface area contributed by atoms with Gasteiger partial charge in [-0.3, -0.25) is 9.69 Å². The molecule has 2 N–H and O–H groups in total. The fourth-order valence-electron chi connectivity index (χ4n) is 3.26. The normalized spacial score (nSPS) is 16.7. The first-order valence-corrected chi connectivity index (χ1v) is 9.35. The number of carbonyl (C=O) groups is 1. The van der Waals surface area contributed by atoms with Gasteiger partial charge in [0.15, 0.2) is 0 Å². The van der Waals surface area contributed by atoms with E-state index >= 15 is 0 Å². The van der Waals surface area contributed by atoms with Crippen molar-refractivity contribution in [3.05, 3.63) is 34.9 Å². The third-order valence-corrected chi connectivity index (χ3v) is 4.93. The summed E-state index contributed by atoms with van der Waals surface area (Å²) in [5, 5.41) is 1.63. The Kier molecular flexibility index (Phi) is 5.96. The van der Waals surface area contributed by atoms with Crippen LogP contribution in [0.5, 0.6) is 0 Å². The minimum atomic E-state index is -0.173. The molecule has 0 aliphatic carbocycles. The Bertz CT molecular complexity index is 788. The van der Waals surface area contributed by atoms with E-state index in [1.165, 1.54) is 0 Å². The summed E-state index contributed by atoms with van der Waals surface area (Å²) in [6, 6.07) is 7.73. The highest BCUT2D eigenvalue weighted by atomic mass is 35.5. The Morgan fingerprint density at radius 1 is 1.35 bits per heavy atom. The Morgan fingerprint density at radius 2 is 2.08 bits per heavy atom. The lowest BCUT2D eigenvalue weighted by molar-refractivity contribution is -0.144. The topological polar surface area (TPSA) is 71.7 Å². The molecule has 1 aromatic carbocycles. The van der Waals surface area contributed by atoms with Gasteiger partial charge in [0, 0.05) is 43.2 Å². The van der Waals surface area contributed by atoms with E-state index in [0.717, 1.165) is 48.5 Å². The highest BCUT2D eigenvalue weighted by Crippen LogP contribution is 2.31. The molecule has 6 nitrogen and oxygen atoms in total. The first-order valence-electron chi connectivity index (χ1n) is 8.97. The fraction of sp³-hybridized carbons (Fsp3) is 0.474. The number of nitrogens with two attached hydrogens (primary N) is 1. The molecule has 1 fully saturated rings. The van der Waals surface area contributed by atoms with Crippen molar-refractivity contribution in [2.75, 3.05) is 44.2 Å². The average Bonchev–Trinajstić information content (AvgIpc) is 2.62. The van der Waals surface area contributed by atoms with Gasteiger partial charge >= 0.3 is 5.97 Å². The maximum Gasteiger partial charge on any atom is 0.320 e. The van der Waals surface area contributed by atoms with E-state index in [9.17, 15) is 4.79 Å². The van der Waals surface area contributed by atoms with Gasteiger partial charge < -0.3 is 15.4 Å². The van der Waals surface area contributed by atoms with Gasteiger partial charge in [-0.25, -0.2) is 4.98 Å². The molecule has 7 heteroatoms. The number of ether oxygens (including phenoxy) is 1. The molecular weight excluding hydrogens is 352 g/mol. The number of carbonyl (C=O) groups excluding carboxylic acids is 1. The summed E-state index contributed by atoms with van der Waals surface area (Å²) in [5.41, 5.74) is 8.01. The number of piperazine rings is 1. The zero-order chi connectivity index (χ0) is 18.7. The van der Waals surface area contributed by atoms with Crippen molar-refractivity contribution < 1.29 is 9.53 Å². The number of esters is 1. The number of fused-ring (bicyclic) bond motifs is 1. The van der Waals surface area contributed by atoms with Crippen LogP contribution in [-0.2, 0) is 9.53 Å². The Hall–Kier alpha value is -1.89. The predicted molar refractivity (Wildman–Crippen MR) is 105 cm³/mol. The highest BCUT2D eigenvalue weighted by molar-refractivity contribution is 6.35. The number of anilines is 1. The van der Waals surface area contributed by atoms with Crippen LogP contribution in [0.2, 0.25) is 5.02 Å². The molecule has 0 amide bonds. The second-order valence-electron chi connectivity index (χ2n) is 6.57. The molecule has 0 bridgehead atoms. The van der Waals surface area contributed by atoms with Gasteiger partial charge in [0.2, 0.25) is 0 Å². The summed E-state index contributed by atoms with van der Waals surface area (Å²) in [4.78, 5) is 20.8. The molecule has 0 spiro atoms. The van der Waals surface area contributed by atoms with Crippen LogP contribution >= 0.6 is 11.6 Å². The van der Waals surface area contributed by atoms with E-state index in [2.05, 4.69) is 15.9 Å². The molecule has 1 aliphatic heterocycles. The van der Waals surface area contributed by atoms with Crippen molar-refractivity contribution in [3.8, 4) is 0 Å². The summed E-state index contributed by atoms with van der Waals surface area (Å²) < 4.78 is 5.03. The fourth-order valence-corrected chi connectivity index (χ4v) is 3.49. The summed E-state index contributed by atoms with van der Waals surface area (Å²) in [6.45, 7) is 7.65. The van der Waals surface area contributed by atoms with Crippen molar-refractivity contribution >= 4 is 34.3 Å². The van der Waals surface area contributed by atoms with Crippen molar-refractivity contribution in [2.45, 2.75) is 19.9 Å². The molecule has 1 unspecified atom stereocenters. The number of hydrogen-bond acceptors (Lipinski definition) is 6. The van der Waals surface area contributed by atoms with Crippen molar-refractivity contribution in [3.63, 3.8) is 0 Å². The summed E-state index contributed by atoms with van der Waals surface area (Å²) in [6.07, 6.45) is 0. The number of halogens is 1. The second kappa shape index (κ2) is 8.20. The van der Waals surface area contributed by atoms with Gasteiger partial charge in [-0.05, 0) is 26.0 Å². The van der Waals surface area contributed by atoms with Gasteiger partial charge in [-0.2, -0.15) is 0 Å². The monoisotopic (exact) mass is 376 g/mol. The Balaban J connectivity index is 1.81. The lowest BCUT2D eigenvalue weighted by atomic mass is 10.1. The van der Waals surface area contributed by atoms with Gasteiger partial charge in [0.05, 0.1) is 23.7 Å². The Morgan fingerprint density at radius 3 is 2.73 bits per heavy atom. The average molecular weight is 377 g/mol. The molecule has 2 aromatic rings. The minimum absolute atomic E-state index is 0.126. The first kappa shape index (κ1) is 18.9. The molecule has 0 saturated carbocycles. The third kappa shape index (κ3) is 4.09. The van der Waals surface area contributed by atoms with Gasteiger partial charge in [-0.1, -0.05) is 23.7 Å². The van der Waals surface area contributed by atoms with Crippen LogP contribution in [-0.4, -0.2) is 55.2 Å². The van der Waals surface area contributed by atoms with Crippen LogP contribution in [0.3, 0.4) is 0 Å².